The Morgan fingerprint density at radius 2 is 1.28 bits per heavy atom. The van der Waals surface area contributed by atoms with Crippen LogP contribution < -0.4 is 5.73 Å². The molecule has 0 radical (unpaired) electrons. The lowest BCUT2D eigenvalue weighted by atomic mass is 9.94. The van der Waals surface area contributed by atoms with Crippen molar-refractivity contribution in [2.75, 3.05) is 5.73 Å². The molecular formula is C51H44N6S4. The van der Waals surface area contributed by atoms with Gasteiger partial charge in [0.2, 0.25) is 0 Å². The second-order valence-electron chi connectivity index (χ2n) is 14.5. The van der Waals surface area contributed by atoms with E-state index in [4.69, 9.17) is 10.7 Å². The highest BCUT2D eigenvalue weighted by Crippen LogP contribution is 2.37. The van der Waals surface area contributed by atoms with Crippen molar-refractivity contribution < 1.29 is 0 Å². The smallest absolute Gasteiger partial charge is 0.0964 e. The third-order valence-corrected chi connectivity index (χ3v) is 11.8. The highest BCUT2D eigenvalue weighted by atomic mass is 32.1. The summed E-state index contributed by atoms with van der Waals surface area (Å²) in [4.78, 5) is 17.0. The van der Waals surface area contributed by atoms with Gasteiger partial charge in [0.25, 0.3) is 0 Å². The summed E-state index contributed by atoms with van der Waals surface area (Å²) < 4.78 is 4.48. The van der Waals surface area contributed by atoms with Crippen LogP contribution in [0.25, 0.3) is 78.1 Å². The van der Waals surface area contributed by atoms with Crippen LogP contribution in [-0.4, -0.2) is 24.1 Å². The molecule has 6 nitrogen and oxygen atoms in total. The van der Waals surface area contributed by atoms with Crippen LogP contribution in [0.4, 0.5) is 5.69 Å². The molecule has 302 valence electrons. The van der Waals surface area contributed by atoms with Gasteiger partial charge in [0, 0.05) is 78.9 Å². The van der Waals surface area contributed by atoms with Gasteiger partial charge in [-0.05, 0) is 151 Å². The number of rotatable bonds is 8. The predicted octanol–water partition coefficient (Wildman–Crippen LogP) is 14.0. The van der Waals surface area contributed by atoms with Crippen LogP contribution in [0.5, 0.6) is 0 Å². The number of allylic oxidation sites excluding steroid dienone is 5. The van der Waals surface area contributed by atoms with Gasteiger partial charge in [0.15, 0.2) is 0 Å². The molecule has 0 aliphatic heterocycles. The summed E-state index contributed by atoms with van der Waals surface area (Å²) in [7, 11) is 0. The Morgan fingerprint density at radius 3 is 1.92 bits per heavy atom. The number of benzene rings is 4. The number of hydrogen-bond acceptors (Lipinski definition) is 8. The Balaban J connectivity index is 0.000000171. The minimum Gasteiger partial charge on any atom is -0.396 e. The first kappa shape index (κ1) is 41.8. The first-order valence-corrected chi connectivity index (χ1v) is 21.7. The van der Waals surface area contributed by atoms with E-state index in [0.717, 1.165) is 115 Å². The van der Waals surface area contributed by atoms with Gasteiger partial charge in [-0.3, -0.25) is 15.0 Å². The molecule has 0 aliphatic carbocycles. The lowest BCUT2D eigenvalue weighted by molar-refractivity contribution is 1.11. The van der Waals surface area contributed by atoms with E-state index >= 15 is 0 Å². The normalized spacial score (nSPS) is 12.1. The van der Waals surface area contributed by atoms with E-state index in [0.29, 0.717) is 0 Å². The van der Waals surface area contributed by atoms with Crippen LogP contribution in [0.15, 0.2) is 178 Å². The zero-order valence-electron chi connectivity index (χ0n) is 33.9. The zero-order chi connectivity index (χ0) is 42.6. The summed E-state index contributed by atoms with van der Waals surface area (Å²) >= 11 is 17.9. The minimum atomic E-state index is 0.788. The van der Waals surface area contributed by atoms with E-state index in [-0.39, 0.29) is 0 Å². The Morgan fingerprint density at radius 1 is 0.639 bits per heavy atom. The van der Waals surface area contributed by atoms with Crippen LogP contribution in [0.2, 0.25) is 0 Å². The van der Waals surface area contributed by atoms with Crippen molar-refractivity contribution in [2.45, 2.75) is 41.9 Å². The van der Waals surface area contributed by atoms with Crippen LogP contribution in [0, 0.1) is 0 Å². The first-order valence-electron chi connectivity index (χ1n) is 19.9. The SMILES string of the molecule is C/C=C(\C=C(\S)CC)c1cc(-c2cncc(S)c2)cc(-c2cncc(S)c2)c1.C/C=C\c1c(N)c2ccccc2n1-c1ccc2c(c1)c1ncccc1n2-c1ccc(S)cc1. The Bertz CT molecular complexity index is 3090. The van der Waals surface area contributed by atoms with Crippen molar-refractivity contribution in [1.29, 1.82) is 0 Å². The molecule has 5 heterocycles. The average molecular weight is 869 g/mol. The Labute approximate surface area is 378 Å². The van der Waals surface area contributed by atoms with E-state index < -0.39 is 0 Å². The largest absolute Gasteiger partial charge is 0.396 e. The van der Waals surface area contributed by atoms with Gasteiger partial charge in [0.1, 0.15) is 0 Å². The summed E-state index contributed by atoms with van der Waals surface area (Å²) in [6.07, 6.45) is 18.3. The van der Waals surface area contributed by atoms with Crippen molar-refractivity contribution in [1.82, 2.24) is 24.1 Å². The fourth-order valence-electron chi connectivity index (χ4n) is 7.64. The first-order chi connectivity index (χ1) is 29.7. The van der Waals surface area contributed by atoms with E-state index in [1.54, 1.807) is 12.4 Å². The number of nitrogen functional groups attached to an aromatic ring is 1. The highest BCUT2D eigenvalue weighted by molar-refractivity contribution is 7.84. The van der Waals surface area contributed by atoms with Crippen molar-refractivity contribution in [2.24, 2.45) is 0 Å². The number of thiol groups is 4. The van der Waals surface area contributed by atoms with Gasteiger partial charge in [0.05, 0.1) is 33.4 Å². The van der Waals surface area contributed by atoms with Crippen molar-refractivity contribution in [3.8, 4) is 33.6 Å². The lowest BCUT2D eigenvalue weighted by Gasteiger charge is -2.12. The molecule has 0 amide bonds. The molecule has 0 unspecified atom stereocenters. The molecule has 0 bridgehead atoms. The van der Waals surface area contributed by atoms with Gasteiger partial charge in [-0.15, -0.1) is 50.5 Å². The number of fused-ring (bicyclic) bond motifs is 4. The number of aromatic nitrogens is 5. The minimum absolute atomic E-state index is 0.788. The fourth-order valence-corrected chi connectivity index (χ4v) is 8.34. The topological polar surface area (TPSA) is 74.6 Å². The second kappa shape index (κ2) is 18.4. The quantitative estimate of drug-likeness (QED) is 0.0779. The summed E-state index contributed by atoms with van der Waals surface area (Å²) in [5.41, 5.74) is 21.1. The molecule has 10 heteroatoms. The number of pyridine rings is 3. The molecule has 9 rings (SSSR count). The summed E-state index contributed by atoms with van der Waals surface area (Å²) in [6.45, 7) is 6.15. The molecular weight excluding hydrogens is 825 g/mol. The third-order valence-electron chi connectivity index (χ3n) is 10.5. The van der Waals surface area contributed by atoms with Crippen molar-refractivity contribution in [3.63, 3.8) is 0 Å². The molecule has 0 spiro atoms. The van der Waals surface area contributed by atoms with E-state index in [1.165, 1.54) is 0 Å². The van der Waals surface area contributed by atoms with E-state index in [1.807, 2.05) is 74.9 Å². The van der Waals surface area contributed by atoms with Crippen LogP contribution in [0.3, 0.4) is 0 Å². The van der Waals surface area contributed by atoms with Gasteiger partial charge in [-0.2, -0.15) is 0 Å². The van der Waals surface area contributed by atoms with E-state index in [9.17, 15) is 0 Å². The summed E-state index contributed by atoms with van der Waals surface area (Å²) in [5.74, 6) is 0. The molecule has 0 aliphatic rings. The monoisotopic (exact) mass is 868 g/mol. The van der Waals surface area contributed by atoms with Gasteiger partial charge >= 0.3 is 0 Å². The maximum atomic E-state index is 6.56. The molecule has 0 fully saturated rings. The van der Waals surface area contributed by atoms with E-state index in [2.05, 4.69) is 168 Å². The lowest BCUT2D eigenvalue weighted by Crippen LogP contribution is -1.98. The van der Waals surface area contributed by atoms with Gasteiger partial charge in [-0.1, -0.05) is 37.3 Å². The number of nitrogens with two attached hydrogens (primary N) is 1. The summed E-state index contributed by atoms with van der Waals surface area (Å²) in [5, 5.41) is 2.15. The molecule has 4 aromatic carbocycles. The number of nitrogens with zero attached hydrogens (tertiary/aromatic N) is 5. The van der Waals surface area contributed by atoms with Gasteiger partial charge in [-0.25, -0.2) is 0 Å². The number of para-hydroxylation sites is 1. The molecule has 0 atom stereocenters. The van der Waals surface area contributed by atoms with Crippen LogP contribution in [-0.2, 0) is 0 Å². The zero-order valence-corrected chi connectivity index (χ0v) is 37.5. The predicted molar refractivity (Wildman–Crippen MR) is 270 cm³/mol. The second-order valence-corrected chi connectivity index (χ2v) is 16.6. The molecule has 0 saturated carbocycles. The molecule has 61 heavy (non-hydrogen) atoms. The standard InChI is InChI=1S/C28H22N4S.C23H22N2S3/c1-2-6-25-27(29)21-7-3-4-8-23(21)32(25)19-12-15-24-22(17-19)28-26(9-5-16-30-28)31(24)18-10-13-20(33)14-11-18;1-3-15(8-21(26)4-2)16-5-17(19-9-22(27)13-24-11-19)7-18(6-16)20-10-23(28)14-25-12-20/h2-17,33H,29H2,1H3;3,5-14,26-28H,4H2,1-2H3/b6-2-;15-3+,21-8+. The molecule has 5 aromatic heterocycles. The fraction of sp³-hybridized carbons (Fsp3) is 0.0784. The number of anilines is 1. The number of hydrogen-bond donors (Lipinski definition) is 5. The third kappa shape index (κ3) is 8.67. The highest BCUT2D eigenvalue weighted by Gasteiger charge is 2.18. The van der Waals surface area contributed by atoms with Crippen molar-refractivity contribution in [3.05, 3.63) is 175 Å². The average Bonchev–Trinajstić information content (AvgIpc) is 3.76. The maximum Gasteiger partial charge on any atom is 0.0964 e. The van der Waals surface area contributed by atoms with Crippen LogP contribution in [0.1, 0.15) is 38.4 Å². The summed E-state index contributed by atoms with van der Waals surface area (Å²) in [6, 6.07) is 37.7. The Hall–Kier alpha value is -5.91. The van der Waals surface area contributed by atoms with Crippen molar-refractivity contribution >= 4 is 101 Å². The van der Waals surface area contributed by atoms with Crippen LogP contribution >= 0.6 is 50.5 Å². The molecule has 2 N–H and O–H groups in total. The Kier molecular flexibility index (Phi) is 12.6. The maximum absolute atomic E-state index is 6.56. The molecule has 0 saturated heterocycles. The molecule has 9 aromatic rings. The van der Waals surface area contributed by atoms with Gasteiger partial charge < -0.3 is 14.9 Å².